The minimum Gasteiger partial charge on any atom is -0.446 e. The number of aryl methyl sites for hydroxylation is 1. The summed E-state index contributed by atoms with van der Waals surface area (Å²) in [6.45, 7) is 2.05. The molecule has 0 saturated heterocycles. The van der Waals surface area contributed by atoms with Crippen LogP contribution in [0.4, 0.5) is 5.69 Å². The van der Waals surface area contributed by atoms with E-state index < -0.39 is 5.18 Å². The summed E-state index contributed by atoms with van der Waals surface area (Å²) in [5, 5.41) is 1.37. The average Bonchev–Trinajstić information content (AvgIpc) is 2.54. The normalized spacial score (nSPS) is 23.6. The zero-order chi connectivity index (χ0) is 10.2. The smallest absolute Gasteiger partial charge is 0.316 e. The van der Waals surface area contributed by atoms with Gasteiger partial charge in [-0.15, -0.1) is 0 Å². The van der Waals surface area contributed by atoms with Gasteiger partial charge in [-0.25, -0.2) is 0 Å². The Morgan fingerprint density at radius 3 is 3.07 bits per heavy atom. The number of benzene rings is 1. The van der Waals surface area contributed by atoms with Crippen LogP contribution >= 0.6 is 11.6 Å². The highest BCUT2D eigenvalue weighted by atomic mass is 35.5. The van der Waals surface area contributed by atoms with Crippen molar-refractivity contribution in [3.05, 3.63) is 23.8 Å². The average molecular weight is 212 g/mol. The maximum Gasteiger partial charge on any atom is 0.316 e. The Bertz CT molecular complexity index is 380. The molecule has 1 atom stereocenters. The molecule has 0 bridgehead atoms. The Balaban J connectivity index is 2.35. The van der Waals surface area contributed by atoms with E-state index in [-0.39, 0.29) is 0 Å². The van der Waals surface area contributed by atoms with Crippen LogP contribution in [0.25, 0.3) is 0 Å². The van der Waals surface area contributed by atoms with Gasteiger partial charge in [-0.2, -0.15) is 0 Å². The van der Waals surface area contributed by atoms with Crippen LogP contribution in [0.5, 0.6) is 5.75 Å². The first-order valence-corrected chi connectivity index (χ1v) is 4.80. The molecule has 1 heterocycles. The van der Waals surface area contributed by atoms with E-state index in [9.17, 15) is 4.79 Å². The van der Waals surface area contributed by atoms with E-state index in [1.54, 1.807) is 0 Å². The van der Waals surface area contributed by atoms with Gasteiger partial charge in [0.1, 0.15) is 5.75 Å². The monoisotopic (exact) mass is 211 g/mol. The Morgan fingerprint density at radius 2 is 2.43 bits per heavy atom. The van der Waals surface area contributed by atoms with Gasteiger partial charge in [-0.1, -0.05) is 13.0 Å². The number of rotatable bonds is 2. The minimum absolute atomic E-state index is 0.542. The van der Waals surface area contributed by atoms with Gasteiger partial charge in [0, 0.05) is 0 Å². The quantitative estimate of drug-likeness (QED) is 0.463. The molecule has 74 valence electrons. The number of halogens is 1. The van der Waals surface area contributed by atoms with Crippen LogP contribution in [-0.2, 0) is 11.2 Å². The van der Waals surface area contributed by atoms with Gasteiger partial charge in [-0.05, 0) is 35.7 Å². The summed E-state index contributed by atoms with van der Waals surface area (Å²) in [5.74, 6) is 0.631. The van der Waals surface area contributed by atoms with Gasteiger partial charge in [0.2, 0.25) is 6.29 Å². The minimum atomic E-state index is -1.42. The molecule has 14 heavy (non-hydrogen) atoms. The first-order valence-electron chi connectivity index (χ1n) is 4.42. The second-order valence-corrected chi connectivity index (χ2v) is 3.74. The van der Waals surface area contributed by atoms with Gasteiger partial charge in [-0.3, -0.25) is 4.79 Å². The Hall–Kier alpha value is -1.22. The number of hydrogen-bond acceptors (Lipinski definition) is 3. The van der Waals surface area contributed by atoms with Crippen LogP contribution in [0, 0.1) is 0 Å². The number of nitrogens with one attached hydrogen (secondary N) is 1. The summed E-state index contributed by atoms with van der Waals surface area (Å²) in [4.78, 5) is 10.6. The fourth-order valence-corrected chi connectivity index (χ4v) is 1.58. The lowest BCUT2D eigenvalue weighted by Gasteiger charge is -2.12. The molecule has 1 aliphatic rings. The number of carbonyl (C=O) groups excluding carboxylic acids is 1. The van der Waals surface area contributed by atoms with E-state index in [2.05, 4.69) is 12.2 Å². The molecule has 1 aliphatic heterocycles. The third kappa shape index (κ3) is 1.44. The van der Waals surface area contributed by atoms with Crippen LogP contribution in [0.1, 0.15) is 12.5 Å². The number of anilines is 1. The van der Waals surface area contributed by atoms with Crippen LogP contribution in [0.15, 0.2) is 18.2 Å². The van der Waals surface area contributed by atoms with Crippen molar-refractivity contribution in [2.75, 3.05) is 5.32 Å². The topological polar surface area (TPSA) is 38.3 Å². The number of alkyl halides is 1. The maximum absolute atomic E-state index is 10.6. The van der Waals surface area contributed by atoms with E-state index in [1.165, 1.54) is 0 Å². The lowest BCUT2D eigenvalue weighted by molar-refractivity contribution is -0.114. The van der Waals surface area contributed by atoms with Crippen LogP contribution < -0.4 is 10.1 Å². The van der Waals surface area contributed by atoms with Crippen molar-refractivity contribution in [1.82, 2.24) is 0 Å². The maximum atomic E-state index is 10.6. The lowest BCUT2D eigenvalue weighted by Crippen LogP contribution is -2.34. The molecule has 1 N–H and O–H groups in total. The first-order chi connectivity index (χ1) is 6.67. The molecule has 0 fully saturated rings. The Labute approximate surface area is 87.0 Å². The third-order valence-corrected chi connectivity index (χ3v) is 2.43. The molecule has 1 aromatic carbocycles. The number of ether oxygens (including phenoxy) is 1. The molecular formula is C10H10ClNO2. The summed E-state index contributed by atoms with van der Waals surface area (Å²) >= 11 is 5.81. The summed E-state index contributed by atoms with van der Waals surface area (Å²) in [7, 11) is 0. The molecule has 1 aromatic rings. The predicted octanol–water partition coefficient (Wildman–Crippen LogP) is 2.14. The van der Waals surface area contributed by atoms with Crippen molar-refractivity contribution >= 4 is 23.6 Å². The highest BCUT2D eigenvalue weighted by Gasteiger charge is 2.36. The third-order valence-electron chi connectivity index (χ3n) is 2.17. The van der Waals surface area contributed by atoms with Crippen molar-refractivity contribution < 1.29 is 9.53 Å². The molecule has 0 aliphatic carbocycles. The molecular weight excluding hydrogens is 202 g/mol. The fraction of sp³-hybridized carbons (Fsp3) is 0.300. The Morgan fingerprint density at radius 1 is 1.64 bits per heavy atom. The van der Waals surface area contributed by atoms with Gasteiger partial charge in [0.15, 0.2) is 0 Å². The summed E-state index contributed by atoms with van der Waals surface area (Å²) in [6.07, 6.45) is 1.47. The largest absolute Gasteiger partial charge is 0.446 e. The summed E-state index contributed by atoms with van der Waals surface area (Å²) in [6, 6.07) is 5.72. The first kappa shape index (κ1) is 9.34. The van der Waals surface area contributed by atoms with Crippen molar-refractivity contribution in [1.29, 1.82) is 0 Å². The summed E-state index contributed by atoms with van der Waals surface area (Å²) < 4.78 is 5.27. The van der Waals surface area contributed by atoms with Gasteiger partial charge in [0.25, 0.3) is 0 Å². The highest BCUT2D eigenvalue weighted by molar-refractivity contribution is 6.32. The zero-order valence-electron chi connectivity index (χ0n) is 7.71. The van der Waals surface area contributed by atoms with Crippen LogP contribution in [0.3, 0.4) is 0 Å². The van der Waals surface area contributed by atoms with Crippen molar-refractivity contribution in [2.24, 2.45) is 0 Å². The SMILES string of the molecule is CCc1ccc2c(c1)OC(Cl)(C=O)N2. The van der Waals surface area contributed by atoms with E-state index in [4.69, 9.17) is 16.3 Å². The number of carbonyl (C=O) groups is 1. The van der Waals surface area contributed by atoms with Gasteiger partial charge >= 0.3 is 5.18 Å². The zero-order valence-corrected chi connectivity index (χ0v) is 8.47. The van der Waals surface area contributed by atoms with E-state index in [1.807, 2.05) is 18.2 Å². The highest BCUT2D eigenvalue weighted by Crippen LogP contribution is 2.38. The van der Waals surface area contributed by atoms with Gasteiger partial charge in [0.05, 0.1) is 5.69 Å². The number of fused-ring (bicyclic) bond motifs is 1. The number of hydrogen-bond donors (Lipinski definition) is 1. The second kappa shape index (κ2) is 3.17. The molecule has 1 unspecified atom stereocenters. The van der Waals surface area contributed by atoms with E-state index >= 15 is 0 Å². The van der Waals surface area contributed by atoms with E-state index in [0.717, 1.165) is 17.7 Å². The lowest BCUT2D eigenvalue weighted by atomic mass is 10.1. The fourth-order valence-electron chi connectivity index (χ4n) is 1.40. The van der Waals surface area contributed by atoms with Crippen molar-refractivity contribution in [2.45, 2.75) is 18.5 Å². The second-order valence-electron chi connectivity index (χ2n) is 3.17. The molecule has 0 aromatic heterocycles. The molecule has 0 spiro atoms. The van der Waals surface area contributed by atoms with Gasteiger partial charge < -0.3 is 10.1 Å². The molecule has 3 nitrogen and oxygen atoms in total. The number of aldehydes is 1. The molecule has 4 heteroatoms. The molecule has 2 rings (SSSR count). The summed E-state index contributed by atoms with van der Waals surface area (Å²) in [5.41, 5.74) is 1.90. The Kier molecular flexibility index (Phi) is 2.11. The van der Waals surface area contributed by atoms with Crippen molar-refractivity contribution in [3.63, 3.8) is 0 Å². The molecule has 0 radical (unpaired) electrons. The molecule has 0 amide bonds. The van der Waals surface area contributed by atoms with E-state index in [0.29, 0.717) is 12.0 Å². The van der Waals surface area contributed by atoms with Crippen molar-refractivity contribution in [3.8, 4) is 5.75 Å². The molecule has 0 saturated carbocycles. The standard InChI is InChI=1S/C10H10ClNO2/c1-2-7-3-4-8-9(5-7)14-10(11,6-13)12-8/h3-6,12H,2H2,1H3. The predicted molar refractivity (Wildman–Crippen MR) is 54.7 cm³/mol. The van der Waals surface area contributed by atoms with Crippen LogP contribution in [0.2, 0.25) is 0 Å². The van der Waals surface area contributed by atoms with Crippen LogP contribution in [-0.4, -0.2) is 11.5 Å².